The molecule has 1 heteroatoms. The maximum Gasteiger partial charge on any atom is 0.119 e. The van der Waals surface area contributed by atoms with Gasteiger partial charge < -0.3 is 5.11 Å². The van der Waals surface area contributed by atoms with Crippen LogP contribution in [0.25, 0.3) is 0 Å². The van der Waals surface area contributed by atoms with E-state index < -0.39 is 0 Å². The van der Waals surface area contributed by atoms with Crippen molar-refractivity contribution in [1.82, 2.24) is 0 Å². The van der Waals surface area contributed by atoms with Gasteiger partial charge in [0.15, 0.2) is 0 Å². The van der Waals surface area contributed by atoms with Gasteiger partial charge in [-0.3, -0.25) is 0 Å². The van der Waals surface area contributed by atoms with Gasteiger partial charge in [-0.15, -0.1) is 0 Å². The van der Waals surface area contributed by atoms with E-state index in [0.717, 1.165) is 5.56 Å². The van der Waals surface area contributed by atoms with Gasteiger partial charge in [-0.05, 0) is 36.0 Å². The van der Waals surface area contributed by atoms with Crippen molar-refractivity contribution in [2.45, 2.75) is 103 Å². The summed E-state index contributed by atoms with van der Waals surface area (Å²) in [6.45, 7) is 9.08. The second-order valence-electron chi connectivity index (χ2n) is 9.12. The zero-order chi connectivity index (χ0) is 21.1. The highest BCUT2D eigenvalue weighted by atomic mass is 16.3. The largest absolute Gasteiger partial charge is 0.508 e. The molecule has 0 aliphatic heterocycles. The number of rotatable bonds is 13. The van der Waals surface area contributed by atoms with Crippen LogP contribution in [-0.2, 0) is 5.41 Å². The Morgan fingerprint density at radius 3 is 1.86 bits per heavy atom. The fourth-order valence-electron chi connectivity index (χ4n) is 4.66. The number of aromatic hydroxyl groups is 1. The summed E-state index contributed by atoms with van der Waals surface area (Å²) in [6, 6.07) is 16.8. The van der Waals surface area contributed by atoms with Crippen LogP contribution in [0.4, 0.5) is 0 Å². The van der Waals surface area contributed by atoms with Crippen LogP contribution < -0.4 is 0 Å². The summed E-state index contributed by atoms with van der Waals surface area (Å²) in [6.07, 6.45) is 13.1. The minimum atomic E-state index is -0.215. The van der Waals surface area contributed by atoms with Crippen LogP contribution in [0.3, 0.4) is 0 Å². The molecule has 0 aliphatic rings. The van der Waals surface area contributed by atoms with Crippen molar-refractivity contribution in [2.24, 2.45) is 0 Å². The summed E-state index contributed by atoms with van der Waals surface area (Å²) < 4.78 is 0. The first-order chi connectivity index (χ1) is 14.0. The topological polar surface area (TPSA) is 20.2 Å². The molecular formula is C28H42O. The molecule has 1 nitrogen and oxygen atoms in total. The smallest absolute Gasteiger partial charge is 0.119 e. The van der Waals surface area contributed by atoms with Crippen LogP contribution in [0, 0.1) is 0 Å². The van der Waals surface area contributed by atoms with Gasteiger partial charge in [0, 0.05) is 11.0 Å². The number of unbranched alkanes of at least 4 members (excludes halogenated alkanes) is 6. The van der Waals surface area contributed by atoms with E-state index in [0.29, 0.717) is 11.7 Å². The summed E-state index contributed by atoms with van der Waals surface area (Å²) in [5.41, 5.74) is 3.67. The van der Waals surface area contributed by atoms with Crippen molar-refractivity contribution in [2.75, 3.05) is 0 Å². The number of para-hydroxylation sites is 1. The standard InChI is InChI=1S/C28H42O/c1-5-7-9-10-12-18-23(17-11-8-6-2)24-19-13-14-20-25(24)28(3,4)26-21-15-16-22-27(26)29/h13-16,19-23,29H,5-12,17-18H2,1-4H3. The summed E-state index contributed by atoms with van der Waals surface area (Å²) in [7, 11) is 0. The molecule has 0 heterocycles. The van der Waals surface area contributed by atoms with Crippen LogP contribution in [0.2, 0.25) is 0 Å². The van der Waals surface area contributed by atoms with Crippen LogP contribution in [-0.4, -0.2) is 5.11 Å². The highest BCUT2D eigenvalue weighted by molar-refractivity contribution is 5.48. The number of hydrogen-bond donors (Lipinski definition) is 1. The molecule has 0 radical (unpaired) electrons. The zero-order valence-corrected chi connectivity index (χ0v) is 19.2. The SMILES string of the molecule is CCCCCCCC(CCCCC)c1ccccc1C(C)(C)c1ccccc1O. The summed E-state index contributed by atoms with van der Waals surface area (Å²) in [5.74, 6) is 1.01. The molecular weight excluding hydrogens is 352 g/mol. The maximum atomic E-state index is 10.5. The first-order valence-electron chi connectivity index (χ1n) is 11.9. The molecule has 0 aromatic heterocycles. The van der Waals surface area contributed by atoms with Crippen LogP contribution >= 0.6 is 0 Å². The molecule has 0 bridgehead atoms. The lowest BCUT2D eigenvalue weighted by molar-refractivity contribution is 0.449. The maximum absolute atomic E-state index is 10.5. The van der Waals surface area contributed by atoms with Crippen molar-refractivity contribution >= 4 is 0 Å². The van der Waals surface area contributed by atoms with Gasteiger partial charge in [0.25, 0.3) is 0 Å². The Labute approximate surface area is 179 Å². The molecule has 29 heavy (non-hydrogen) atoms. The van der Waals surface area contributed by atoms with Crippen molar-refractivity contribution in [3.8, 4) is 5.75 Å². The zero-order valence-electron chi connectivity index (χ0n) is 19.2. The lowest BCUT2D eigenvalue weighted by atomic mass is 9.72. The van der Waals surface area contributed by atoms with Gasteiger partial charge in [0.1, 0.15) is 5.75 Å². The monoisotopic (exact) mass is 394 g/mol. The predicted molar refractivity (Wildman–Crippen MR) is 127 cm³/mol. The normalized spacial score (nSPS) is 12.8. The summed E-state index contributed by atoms with van der Waals surface area (Å²) in [5, 5.41) is 10.5. The lowest BCUT2D eigenvalue weighted by Gasteiger charge is -2.32. The Morgan fingerprint density at radius 2 is 1.21 bits per heavy atom. The van der Waals surface area contributed by atoms with Crippen LogP contribution in [0.15, 0.2) is 48.5 Å². The Kier molecular flexibility index (Phi) is 9.78. The van der Waals surface area contributed by atoms with Gasteiger partial charge in [-0.1, -0.05) is 122 Å². The van der Waals surface area contributed by atoms with E-state index in [1.807, 2.05) is 18.2 Å². The van der Waals surface area contributed by atoms with Gasteiger partial charge in [-0.2, -0.15) is 0 Å². The van der Waals surface area contributed by atoms with Gasteiger partial charge in [-0.25, -0.2) is 0 Å². The van der Waals surface area contributed by atoms with Crippen molar-refractivity contribution in [1.29, 1.82) is 0 Å². The molecule has 1 N–H and O–H groups in total. The highest BCUT2D eigenvalue weighted by Gasteiger charge is 2.30. The number of phenols is 1. The Hall–Kier alpha value is -1.76. The van der Waals surface area contributed by atoms with Crippen LogP contribution in [0.1, 0.15) is 115 Å². The average Bonchev–Trinajstić information content (AvgIpc) is 2.72. The molecule has 1 atom stereocenters. The van der Waals surface area contributed by atoms with Crippen molar-refractivity contribution < 1.29 is 5.11 Å². The molecule has 1 unspecified atom stereocenters. The molecule has 0 aliphatic carbocycles. The van der Waals surface area contributed by atoms with E-state index >= 15 is 0 Å². The fourth-order valence-corrected chi connectivity index (χ4v) is 4.66. The number of benzene rings is 2. The molecule has 0 saturated heterocycles. The molecule has 2 aromatic rings. The first kappa shape index (κ1) is 23.5. The van der Waals surface area contributed by atoms with Crippen molar-refractivity contribution in [3.63, 3.8) is 0 Å². The molecule has 0 saturated carbocycles. The van der Waals surface area contributed by atoms with E-state index in [4.69, 9.17) is 0 Å². The highest BCUT2D eigenvalue weighted by Crippen LogP contribution is 2.42. The van der Waals surface area contributed by atoms with Gasteiger partial charge in [0.2, 0.25) is 0 Å². The summed E-state index contributed by atoms with van der Waals surface area (Å²) >= 11 is 0. The molecule has 2 rings (SSSR count). The third-order valence-corrected chi connectivity index (χ3v) is 6.46. The fraction of sp³-hybridized carbons (Fsp3) is 0.571. The second-order valence-corrected chi connectivity index (χ2v) is 9.12. The van der Waals surface area contributed by atoms with Crippen LogP contribution in [0.5, 0.6) is 5.75 Å². The lowest BCUT2D eigenvalue weighted by Crippen LogP contribution is -2.22. The van der Waals surface area contributed by atoms with E-state index in [1.165, 1.54) is 75.3 Å². The third-order valence-electron chi connectivity index (χ3n) is 6.46. The minimum absolute atomic E-state index is 0.215. The molecule has 0 spiro atoms. The quantitative estimate of drug-likeness (QED) is 0.337. The Morgan fingerprint density at radius 1 is 0.690 bits per heavy atom. The third kappa shape index (κ3) is 6.63. The van der Waals surface area contributed by atoms with Gasteiger partial charge in [0.05, 0.1) is 0 Å². The van der Waals surface area contributed by atoms with E-state index in [9.17, 15) is 5.11 Å². The number of hydrogen-bond acceptors (Lipinski definition) is 1. The average molecular weight is 395 g/mol. The minimum Gasteiger partial charge on any atom is -0.508 e. The molecule has 2 aromatic carbocycles. The van der Waals surface area contributed by atoms with Crippen molar-refractivity contribution in [3.05, 3.63) is 65.2 Å². The van der Waals surface area contributed by atoms with E-state index in [2.05, 4.69) is 58.0 Å². The first-order valence-corrected chi connectivity index (χ1v) is 11.9. The van der Waals surface area contributed by atoms with E-state index in [1.54, 1.807) is 0 Å². The molecule has 0 fully saturated rings. The van der Waals surface area contributed by atoms with E-state index in [-0.39, 0.29) is 5.41 Å². The Balaban J connectivity index is 2.29. The predicted octanol–water partition coefficient (Wildman–Crippen LogP) is 8.74. The number of phenolic OH excluding ortho intramolecular Hbond substituents is 1. The summed E-state index contributed by atoms with van der Waals surface area (Å²) in [4.78, 5) is 0. The molecule has 160 valence electrons. The molecule has 0 amide bonds. The Bertz CT molecular complexity index is 716. The van der Waals surface area contributed by atoms with Gasteiger partial charge >= 0.3 is 0 Å². The second kappa shape index (κ2) is 12.1.